The number of benzene rings is 1. The highest BCUT2D eigenvalue weighted by molar-refractivity contribution is 7.19. The Morgan fingerprint density at radius 3 is 2.92 bits per heavy atom. The molecule has 2 atom stereocenters. The van der Waals surface area contributed by atoms with Gasteiger partial charge in [0.05, 0.1) is 6.61 Å². The molecule has 0 radical (unpaired) electrons. The van der Waals surface area contributed by atoms with Gasteiger partial charge in [-0.15, -0.1) is 11.3 Å². The summed E-state index contributed by atoms with van der Waals surface area (Å²) in [5, 5.41) is 11.5. The largest absolute Gasteiger partial charge is 0.396 e. The molecule has 1 N–H and O–H groups in total. The molecule has 2 aromatic rings. The van der Waals surface area contributed by atoms with E-state index < -0.39 is 0 Å². The molecule has 0 aliphatic carbocycles. The minimum atomic E-state index is 0.134. The Balaban J connectivity index is 1.57. The molecule has 24 heavy (non-hydrogen) atoms. The Morgan fingerprint density at radius 1 is 1.25 bits per heavy atom. The number of hydrogen-bond acceptors (Lipinski definition) is 4. The first-order chi connectivity index (χ1) is 11.6. The first-order valence-corrected chi connectivity index (χ1v) is 9.95. The van der Waals surface area contributed by atoms with E-state index in [-0.39, 0.29) is 5.41 Å². The lowest BCUT2D eigenvalue weighted by Gasteiger charge is -2.53. The minimum absolute atomic E-state index is 0.134. The molecule has 130 valence electrons. The number of aliphatic hydroxyl groups excluding tert-OH is 1. The number of likely N-dealkylation sites (N-methyl/N-ethyl adjacent to an activating group) is 1. The summed E-state index contributed by atoms with van der Waals surface area (Å²) in [6.07, 6.45) is 3.54. The molecule has 0 unspecified atom stereocenters. The van der Waals surface area contributed by atoms with Crippen molar-refractivity contribution in [1.29, 1.82) is 0 Å². The maximum atomic E-state index is 10.1. The monoisotopic (exact) mass is 344 g/mol. The lowest BCUT2D eigenvalue weighted by atomic mass is 9.69. The maximum absolute atomic E-state index is 10.1. The van der Waals surface area contributed by atoms with E-state index in [4.69, 9.17) is 0 Å². The van der Waals surface area contributed by atoms with Crippen LogP contribution in [0.2, 0.25) is 0 Å². The first kappa shape index (κ1) is 16.5. The van der Waals surface area contributed by atoms with E-state index in [9.17, 15) is 5.11 Å². The number of rotatable bonds is 3. The number of piperidine rings is 2. The second-order valence-corrected chi connectivity index (χ2v) is 8.99. The van der Waals surface area contributed by atoms with Crippen LogP contribution in [0.5, 0.6) is 0 Å². The van der Waals surface area contributed by atoms with Crippen LogP contribution in [0.15, 0.2) is 24.3 Å². The number of fused-ring (bicyclic) bond motifs is 2. The molecule has 1 aromatic heterocycles. The summed E-state index contributed by atoms with van der Waals surface area (Å²) in [4.78, 5) is 6.55. The van der Waals surface area contributed by atoms with Crippen LogP contribution in [-0.4, -0.2) is 54.2 Å². The van der Waals surface area contributed by atoms with Gasteiger partial charge < -0.3 is 10.0 Å². The molecule has 1 aromatic carbocycles. The number of hydrogen-bond donors (Lipinski definition) is 1. The van der Waals surface area contributed by atoms with Crippen molar-refractivity contribution in [3.63, 3.8) is 0 Å². The van der Waals surface area contributed by atoms with E-state index in [0.29, 0.717) is 12.6 Å². The predicted molar refractivity (Wildman–Crippen MR) is 102 cm³/mol. The van der Waals surface area contributed by atoms with Gasteiger partial charge in [0.2, 0.25) is 0 Å². The van der Waals surface area contributed by atoms with Gasteiger partial charge in [-0.25, -0.2) is 0 Å². The molecule has 4 heteroatoms. The molecule has 2 saturated heterocycles. The van der Waals surface area contributed by atoms with Crippen molar-refractivity contribution in [3.8, 4) is 0 Å². The molecule has 4 rings (SSSR count). The van der Waals surface area contributed by atoms with Crippen LogP contribution in [0.25, 0.3) is 10.1 Å². The SMILES string of the molecule is Cc1sc2ccccc2c1CN1CC[C@@]2(CO)CCCN(C)[C@@H]2C1. The second-order valence-electron chi connectivity index (χ2n) is 7.74. The molecule has 2 fully saturated rings. The third-order valence-corrected chi connectivity index (χ3v) is 7.51. The van der Waals surface area contributed by atoms with Crippen molar-refractivity contribution in [1.82, 2.24) is 9.80 Å². The van der Waals surface area contributed by atoms with Crippen molar-refractivity contribution < 1.29 is 5.11 Å². The highest BCUT2D eigenvalue weighted by Crippen LogP contribution is 2.42. The number of thiophene rings is 1. The van der Waals surface area contributed by atoms with Crippen LogP contribution in [-0.2, 0) is 6.54 Å². The van der Waals surface area contributed by atoms with Gasteiger partial charge in [0.15, 0.2) is 0 Å². The van der Waals surface area contributed by atoms with Crippen LogP contribution in [0.3, 0.4) is 0 Å². The molecule has 0 spiro atoms. The third kappa shape index (κ3) is 2.70. The lowest BCUT2D eigenvalue weighted by Crippen LogP contribution is -2.61. The fraction of sp³-hybridized carbons (Fsp3) is 0.600. The van der Waals surface area contributed by atoms with Crippen molar-refractivity contribution in [2.75, 3.05) is 33.3 Å². The number of aliphatic hydroxyl groups is 1. The predicted octanol–water partition coefficient (Wildman–Crippen LogP) is 3.49. The quantitative estimate of drug-likeness (QED) is 0.923. The summed E-state index contributed by atoms with van der Waals surface area (Å²) in [6.45, 7) is 7.00. The van der Waals surface area contributed by atoms with Crippen LogP contribution >= 0.6 is 11.3 Å². The van der Waals surface area contributed by atoms with Gasteiger partial charge in [0.25, 0.3) is 0 Å². The Bertz CT molecular complexity index is 727. The molecule has 3 heterocycles. The zero-order valence-corrected chi connectivity index (χ0v) is 15.6. The van der Waals surface area contributed by atoms with E-state index in [1.807, 2.05) is 11.3 Å². The Kier molecular flexibility index (Phi) is 4.42. The summed E-state index contributed by atoms with van der Waals surface area (Å²) in [7, 11) is 2.24. The van der Waals surface area contributed by atoms with E-state index in [1.54, 1.807) is 0 Å². The zero-order valence-electron chi connectivity index (χ0n) is 14.8. The van der Waals surface area contributed by atoms with Gasteiger partial charge >= 0.3 is 0 Å². The standard InChI is InChI=1S/C20H28N2OS/c1-15-17(16-6-3-4-7-18(16)24-15)12-22-11-9-20(14-23)8-5-10-21(2)19(20)13-22/h3-4,6-7,19,23H,5,8-14H2,1-2H3/t19-,20-/m1/s1. The number of likely N-dealkylation sites (tertiary alicyclic amines) is 2. The Labute approximate surface area is 148 Å². The molecular weight excluding hydrogens is 316 g/mol. The van der Waals surface area contributed by atoms with Gasteiger partial charge in [-0.1, -0.05) is 18.2 Å². The van der Waals surface area contributed by atoms with Gasteiger partial charge in [-0.2, -0.15) is 0 Å². The maximum Gasteiger partial charge on any atom is 0.0503 e. The summed E-state index contributed by atoms with van der Waals surface area (Å²) in [5.74, 6) is 0. The molecule has 2 aliphatic rings. The van der Waals surface area contributed by atoms with Crippen molar-refractivity contribution >= 4 is 21.4 Å². The minimum Gasteiger partial charge on any atom is -0.396 e. The topological polar surface area (TPSA) is 26.7 Å². The Hall–Kier alpha value is -0.940. The smallest absolute Gasteiger partial charge is 0.0503 e. The molecule has 3 nitrogen and oxygen atoms in total. The molecule has 0 bridgehead atoms. The van der Waals surface area contributed by atoms with E-state index >= 15 is 0 Å². The average Bonchev–Trinajstić information content (AvgIpc) is 2.91. The van der Waals surface area contributed by atoms with Crippen LogP contribution in [0.1, 0.15) is 29.7 Å². The van der Waals surface area contributed by atoms with Crippen LogP contribution < -0.4 is 0 Å². The summed E-state index contributed by atoms with van der Waals surface area (Å²) >= 11 is 1.92. The van der Waals surface area contributed by atoms with Crippen molar-refractivity contribution in [2.24, 2.45) is 5.41 Å². The highest BCUT2D eigenvalue weighted by atomic mass is 32.1. The number of aryl methyl sites for hydroxylation is 1. The highest BCUT2D eigenvalue weighted by Gasteiger charge is 2.46. The first-order valence-electron chi connectivity index (χ1n) is 9.13. The van der Waals surface area contributed by atoms with Gasteiger partial charge in [-0.3, -0.25) is 4.90 Å². The fourth-order valence-corrected chi connectivity index (χ4v) is 5.94. The average molecular weight is 345 g/mol. The summed E-state index contributed by atoms with van der Waals surface area (Å²) < 4.78 is 1.40. The van der Waals surface area contributed by atoms with Gasteiger partial charge in [0, 0.05) is 34.1 Å². The van der Waals surface area contributed by atoms with Gasteiger partial charge in [0.1, 0.15) is 0 Å². The Morgan fingerprint density at radius 2 is 2.08 bits per heavy atom. The molecular formula is C20H28N2OS. The zero-order chi connectivity index (χ0) is 16.7. The van der Waals surface area contributed by atoms with E-state index in [2.05, 4.69) is 48.0 Å². The molecule has 0 amide bonds. The van der Waals surface area contributed by atoms with Crippen molar-refractivity contribution in [2.45, 2.75) is 38.8 Å². The lowest BCUT2D eigenvalue weighted by molar-refractivity contribution is -0.0684. The number of nitrogens with zero attached hydrogens (tertiary/aromatic N) is 2. The summed E-state index contributed by atoms with van der Waals surface area (Å²) in [6, 6.07) is 9.28. The van der Waals surface area contributed by atoms with Crippen LogP contribution in [0, 0.1) is 12.3 Å². The molecule has 2 aliphatic heterocycles. The fourth-order valence-electron chi connectivity index (χ4n) is 4.86. The summed E-state index contributed by atoms with van der Waals surface area (Å²) in [5.41, 5.74) is 1.64. The van der Waals surface area contributed by atoms with Gasteiger partial charge in [-0.05, 0) is 63.3 Å². The van der Waals surface area contributed by atoms with E-state index in [1.165, 1.54) is 39.9 Å². The van der Waals surface area contributed by atoms with Crippen molar-refractivity contribution in [3.05, 3.63) is 34.7 Å². The van der Waals surface area contributed by atoms with Crippen LogP contribution in [0.4, 0.5) is 0 Å². The molecule has 0 saturated carbocycles. The normalized spacial score (nSPS) is 29.0. The second kappa shape index (κ2) is 6.41. The third-order valence-electron chi connectivity index (χ3n) is 6.38. The van der Waals surface area contributed by atoms with E-state index in [0.717, 1.165) is 26.1 Å².